The zero-order valence-electron chi connectivity index (χ0n) is 11.8. The minimum absolute atomic E-state index is 0.324. The molecule has 0 amide bonds. The minimum Gasteiger partial charge on any atom is -0.374 e. The summed E-state index contributed by atoms with van der Waals surface area (Å²) in [7, 11) is 0. The average Bonchev–Trinajstić information content (AvgIpc) is 2.71. The third kappa shape index (κ3) is 3.43. The van der Waals surface area contributed by atoms with E-state index in [-0.39, 0.29) is 0 Å². The van der Waals surface area contributed by atoms with Crippen LogP contribution in [-0.2, 0) is 4.74 Å². The van der Waals surface area contributed by atoms with E-state index in [9.17, 15) is 0 Å². The Hall–Kier alpha value is -0.120. The molecule has 2 heterocycles. The molecule has 0 spiro atoms. The predicted molar refractivity (Wildman–Crippen MR) is 71.3 cm³/mol. The number of rotatable bonds is 3. The van der Waals surface area contributed by atoms with E-state index in [1.807, 2.05) is 0 Å². The summed E-state index contributed by atoms with van der Waals surface area (Å²) in [6.07, 6.45) is 3.07. The molecule has 2 rings (SSSR count). The van der Waals surface area contributed by atoms with Crippen molar-refractivity contribution in [1.82, 2.24) is 10.2 Å². The summed E-state index contributed by atoms with van der Waals surface area (Å²) < 4.78 is 5.95. The average molecular weight is 240 g/mol. The van der Waals surface area contributed by atoms with Crippen LogP contribution in [0.3, 0.4) is 0 Å². The molecule has 3 nitrogen and oxygen atoms in total. The maximum absolute atomic E-state index is 5.95. The lowest BCUT2D eigenvalue weighted by atomic mass is 9.88. The van der Waals surface area contributed by atoms with Crippen LogP contribution in [-0.4, -0.2) is 49.3 Å². The zero-order chi connectivity index (χ0) is 12.5. The van der Waals surface area contributed by atoms with Gasteiger partial charge in [0.15, 0.2) is 0 Å². The Morgan fingerprint density at radius 2 is 2.18 bits per heavy atom. The minimum atomic E-state index is 0.324. The van der Waals surface area contributed by atoms with E-state index in [1.54, 1.807) is 0 Å². The van der Waals surface area contributed by atoms with Crippen LogP contribution < -0.4 is 5.32 Å². The Morgan fingerprint density at radius 1 is 1.41 bits per heavy atom. The molecule has 1 N–H and O–H groups in total. The van der Waals surface area contributed by atoms with Crippen molar-refractivity contribution in [3.8, 4) is 0 Å². The van der Waals surface area contributed by atoms with Crippen molar-refractivity contribution in [2.75, 3.05) is 26.2 Å². The second-order valence-electron chi connectivity index (χ2n) is 6.74. The Balaban J connectivity index is 1.73. The lowest BCUT2D eigenvalue weighted by Crippen LogP contribution is -2.51. The Bertz CT molecular complexity index is 249. The van der Waals surface area contributed by atoms with Crippen molar-refractivity contribution in [3.05, 3.63) is 0 Å². The number of hydrogen-bond donors (Lipinski definition) is 1. The van der Waals surface area contributed by atoms with Crippen LogP contribution in [0, 0.1) is 5.41 Å². The van der Waals surface area contributed by atoms with Gasteiger partial charge in [-0.15, -0.1) is 0 Å². The van der Waals surface area contributed by atoms with Crippen LogP contribution >= 0.6 is 0 Å². The SMILES string of the molecule is C[C@H](NC[C@@H]1CN2CCC[C@@H]2CO1)C(C)(C)C. The smallest absolute Gasteiger partial charge is 0.0827 e. The van der Waals surface area contributed by atoms with Crippen LogP contribution in [0.1, 0.15) is 40.5 Å². The molecule has 0 unspecified atom stereocenters. The van der Waals surface area contributed by atoms with Crippen molar-refractivity contribution in [2.24, 2.45) is 5.41 Å². The summed E-state index contributed by atoms with van der Waals surface area (Å²) in [5.74, 6) is 0. The van der Waals surface area contributed by atoms with Gasteiger partial charge in [0.25, 0.3) is 0 Å². The van der Waals surface area contributed by atoms with Crippen LogP contribution in [0.2, 0.25) is 0 Å². The van der Waals surface area contributed by atoms with Gasteiger partial charge in [-0.2, -0.15) is 0 Å². The maximum atomic E-state index is 5.95. The largest absolute Gasteiger partial charge is 0.374 e. The molecule has 2 aliphatic heterocycles. The molecule has 0 aromatic rings. The number of ether oxygens (including phenoxy) is 1. The number of morpholine rings is 1. The second-order valence-corrected chi connectivity index (χ2v) is 6.74. The number of nitrogens with one attached hydrogen (secondary N) is 1. The summed E-state index contributed by atoms with van der Waals surface area (Å²) >= 11 is 0. The topological polar surface area (TPSA) is 24.5 Å². The Kier molecular flexibility index (Phi) is 4.11. The first kappa shape index (κ1) is 13.3. The first-order valence-corrected chi connectivity index (χ1v) is 7.06. The zero-order valence-corrected chi connectivity index (χ0v) is 11.8. The van der Waals surface area contributed by atoms with Gasteiger partial charge in [0.2, 0.25) is 0 Å². The fourth-order valence-electron chi connectivity index (χ4n) is 2.62. The summed E-state index contributed by atoms with van der Waals surface area (Å²) in [5, 5.41) is 3.62. The highest BCUT2D eigenvalue weighted by Gasteiger charge is 2.32. The normalized spacial score (nSPS) is 32.5. The number of fused-ring (bicyclic) bond motifs is 1. The van der Waals surface area contributed by atoms with Crippen molar-refractivity contribution >= 4 is 0 Å². The Morgan fingerprint density at radius 3 is 2.88 bits per heavy atom. The monoisotopic (exact) mass is 240 g/mol. The highest BCUT2D eigenvalue weighted by molar-refractivity contribution is 4.87. The van der Waals surface area contributed by atoms with Gasteiger partial charge in [-0.25, -0.2) is 0 Å². The molecule has 3 heteroatoms. The highest BCUT2D eigenvalue weighted by atomic mass is 16.5. The molecule has 0 bridgehead atoms. The molecule has 0 aliphatic carbocycles. The maximum Gasteiger partial charge on any atom is 0.0827 e. The summed E-state index contributed by atoms with van der Waals surface area (Å²) in [5.41, 5.74) is 0.324. The van der Waals surface area contributed by atoms with E-state index < -0.39 is 0 Å². The van der Waals surface area contributed by atoms with E-state index in [0.717, 1.165) is 19.7 Å². The molecule has 0 saturated carbocycles. The fourth-order valence-corrected chi connectivity index (χ4v) is 2.62. The number of nitrogens with zero attached hydrogens (tertiary/aromatic N) is 1. The molecule has 0 radical (unpaired) electrons. The number of hydrogen-bond acceptors (Lipinski definition) is 3. The quantitative estimate of drug-likeness (QED) is 0.815. The van der Waals surface area contributed by atoms with Gasteiger partial charge in [-0.3, -0.25) is 4.90 Å². The first-order chi connectivity index (χ1) is 7.97. The first-order valence-electron chi connectivity index (χ1n) is 7.06. The van der Waals surface area contributed by atoms with E-state index in [2.05, 4.69) is 37.9 Å². The van der Waals surface area contributed by atoms with Gasteiger partial charge < -0.3 is 10.1 Å². The Labute approximate surface area is 106 Å². The van der Waals surface area contributed by atoms with Crippen molar-refractivity contribution in [1.29, 1.82) is 0 Å². The molecule has 0 aromatic heterocycles. The van der Waals surface area contributed by atoms with Gasteiger partial charge in [0.05, 0.1) is 12.7 Å². The van der Waals surface area contributed by atoms with Crippen molar-refractivity contribution < 1.29 is 4.74 Å². The summed E-state index contributed by atoms with van der Waals surface area (Å²) in [6.45, 7) is 13.4. The van der Waals surface area contributed by atoms with Crippen molar-refractivity contribution in [2.45, 2.75) is 58.7 Å². The van der Waals surface area contributed by atoms with E-state index in [0.29, 0.717) is 23.6 Å². The summed E-state index contributed by atoms with van der Waals surface area (Å²) in [6, 6.07) is 1.24. The van der Waals surface area contributed by atoms with E-state index in [1.165, 1.54) is 19.4 Å². The standard InChI is InChI=1S/C14H28N2O/c1-11(14(2,3)4)15-8-13-9-16-7-5-6-12(16)10-17-13/h11-13,15H,5-10H2,1-4H3/t11-,12+,13+/m0/s1. The van der Waals surface area contributed by atoms with Crippen LogP contribution in [0.15, 0.2) is 0 Å². The predicted octanol–water partition coefficient (Wildman–Crippen LogP) is 1.87. The third-order valence-electron chi connectivity index (χ3n) is 4.41. The lowest BCUT2D eigenvalue weighted by molar-refractivity contribution is -0.0487. The molecular weight excluding hydrogens is 212 g/mol. The lowest BCUT2D eigenvalue weighted by Gasteiger charge is -2.37. The molecule has 100 valence electrons. The van der Waals surface area contributed by atoms with Crippen LogP contribution in [0.25, 0.3) is 0 Å². The highest BCUT2D eigenvalue weighted by Crippen LogP contribution is 2.23. The molecule has 17 heavy (non-hydrogen) atoms. The van der Waals surface area contributed by atoms with Crippen molar-refractivity contribution in [3.63, 3.8) is 0 Å². The molecule has 2 saturated heterocycles. The van der Waals surface area contributed by atoms with Crippen LogP contribution in [0.4, 0.5) is 0 Å². The second kappa shape index (κ2) is 5.25. The fraction of sp³-hybridized carbons (Fsp3) is 1.00. The van der Waals surface area contributed by atoms with Crippen LogP contribution in [0.5, 0.6) is 0 Å². The molecule has 0 aromatic carbocycles. The van der Waals surface area contributed by atoms with E-state index in [4.69, 9.17) is 4.74 Å². The summed E-state index contributed by atoms with van der Waals surface area (Å²) in [4.78, 5) is 2.61. The molecular formula is C14H28N2O. The molecule has 3 atom stereocenters. The van der Waals surface area contributed by atoms with E-state index >= 15 is 0 Å². The van der Waals surface area contributed by atoms with Gasteiger partial charge in [-0.05, 0) is 31.7 Å². The van der Waals surface area contributed by atoms with Gasteiger partial charge in [0.1, 0.15) is 0 Å². The van der Waals surface area contributed by atoms with Gasteiger partial charge in [-0.1, -0.05) is 20.8 Å². The van der Waals surface area contributed by atoms with Gasteiger partial charge in [0, 0.05) is 25.2 Å². The molecule has 2 aliphatic rings. The molecule has 2 fully saturated rings. The third-order valence-corrected chi connectivity index (χ3v) is 4.41. The van der Waals surface area contributed by atoms with Gasteiger partial charge >= 0.3 is 0 Å².